The molecule has 1 amide bonds. The number of aryl methyl sites for hydroxylation is 1. The van der Waals surface area contributed by atoms with Crippen LogP contribution in [-0.2, 0) is 21.3 Å². The van der Waals surface area contributed by atoms with Crippen LogP contribution in [0.2, 0.25) is 0 Å². The van der Waals surface area contributed by atoms with Crippen molar-refractivity contribution in [2.75, 3.05) is 5.75 Å². The first-order valence-corrected chi connectivity index (χ1v) is 11.2. The normalized spacial score (nSPS) is 24.3. The largest absolute Gasteiger partial charge is 0.352 e. The Bertz CT molecular complexity index is 789. The van der Waals surface area contributed by atoms with Crippen LogP contribution in [0.1, 0.15) is 44.6 Å². The Kier molecular flexibility index (Phi) is 6.18. The Balaban J connectivity index is 1.52. The van der Waals surface area contributed by atoms with E-state index in [-0.39, 0.29) is 23.5 Å². The van der Waals surface area contributed by atoms with Gasteiger partial charge in [0.2, 0.25) is 5.91 Å². The lowest BCUT2D eigenvalue weighted by Crippen LogP contribution is -2.45. The van der Waals surface area contributed by atoms with Crippen LogP contribution in [0.15, 0.2) is 10.0 Å². The van der Waals surface area contributed by atoms with Crippen LogP contribution in [0.3, 0.4) is 0 Å². The van der Waals surface area contributed by atoms with Gasteiger partial charge in [-0.1, -0.05) is 31.8 Å². The zero-order valence-corrected chi connectivity index (χ0v) is 16.9. The van der Waals surface area contributed by atoms with Gasteiger partial charge in [-0.2, -0.15) is 4.98 Å². The number of amides is 1. The smallest absolute Gasteiger partial charge is 0.269 e. The molecular weight excluding hydrogens is 372 g/mol. The second-order valence-electron chi connectivity index (χ2n) is 6.95. The molecule has 26 heavy (non-hydrogen) atoms. The summed E-state index contributed by atoms with van der Waals surface area (Å²) in [7, 11) is -1.37. The Labute approximate surface area is 159 Å². The summed E-state index contributed by atoms with van der Waals surface area (Å²) >= 11 is 1.42. The zero-order chi connectivity index (χ0) is 18.7. The van der Waals surface area contributed by atoms with Gasteiger partial charge in [0.05, 0.1) is 17.0 Å². The molecule has 2 aromatic rings. The summed E-state index contributed by atoms with van der Waals surface area (Å²) in [5.41, 5.74) is 2.53. The van der Waals surface area contributed by atoms with Gasteiger partial charge in [0, 0.05) is 16.8 Å². The molecule has 1 N–H and O–H groups in total. The Morgan fingerprint density at radius 2 is 2.23 bits per heavy atom. The van der Waals surface area contributed by atoms with E-state index in [9.17, 15) is 9.00 Å². The molecule has 7 nitrogen and oxygen atoms in total. The van der Waals surface area contributed by atoms with E-state index in [4.69, 9.17) is 4.52 Å². The number of rotatable bonds is 6. The van der Waals surface area contributed by atoms with Crippen LogP contribution >= 0.6 is 11.3 Å². The third-order valence-electron chi connectivity index (χ3n) is 5.04. The number of thiazole rings is 1. The number of nitrogens with one attached hydrogen (secondary N) is 1. The third-order valence-corrected chi connectivity index (χ3v) is 7.12. The first-order valence-electron chi connectivity index (χ1n) is 8.81. The van der Waals surface area contributed by atoms with Gasteiger partial charge < -0.3 is 9.84 Å². The molecule has 9 heteroatoms. The van der Waals surface area contributed by atoms with Crippen molar-refractivity contribution in [1.82, 2.24) is 20.4 Å². The minimum atomic E-state index is -1.37. The van der Waals surface area contributed by atoms with Gasteiger partial charge in [-0.25, -0.2) is 4.98 Å². The Morgan fingerprint density at radius 1 is 1.42 bits per heavy atom. The summed E-state index contributed by atoms with van der Waals surface area (Å²) in [6.07, 6.45) is 3.33. The van der Waals surface area contributed by atoms with Crippen LogP contribution in [0, 0.1) is 18.8 Å². The highest BCUT2D eigenvalue weighted by atomic mass is 32.2. The van der Waals surface area contributed by atoms with Crippen LogP contribution in [-0.4, -0.2) is 37.0 Å². The minimum Gasteiger partial charge on any atom is -0.352 e. The van der Waals surface area contributed by atoms with Gasteiger partial charge in [0.25, 0.3) is 5.89 Å². The predicted molar refractivity (Wildman–Crippen MR) is 101 cm³/mol. The number of hydrogen-bond acceptors (Lipinski definition) is 7. The highest BCUT2D eigenvalue weighted by molar-refractivity contribution is 7.84. The first-order chi connectivity index (χ1) is 12.4. The molecule has 0 spiro atoms. The molecule has 0 aromatic carbocycles. The van der Waals surface area contributed by atoms with Crippen LogP contribution < -0.4 is 5.32 Å². The van der Waals surface area contributed by atoms with Gasteiger partial charge in [0.1, 0.15) is 10.6 Å². The van der Waals surface area contributed by atoms with Crippen molar-refractivity contribution < 1.29 is 13.5 Å². The highest BCUT2D eigenvalue weighted by Gasteiger charge is 2.28. The molecule has 1 fully saturated rings. The van der Waals surface area contributed by atoms with Crippen LogP contribution in [0.25, 0.3) is 10.8 Å². The average Bonchev–Trinajstić information content (AvgIpc) is 3.20. The van der Waals surface area contributed by atoms with Crippen LogP contribution in [0.4, 0.5) is 0 Å². The average molecular weight is 397 g/mol. The molecule has 0 aliphatic heterocycles. The van der Waals surface area contributed by atoms with Crippen molar-refractivity contribution in [2.24, 2.45) is 11.8 Å². The van der Waals surface area contributed by atoms with Crippen molar-refractivity contribution in [3.63, 3.8) is 0 Å². The quantitative estimate of drug-likeness (QED) is 0.806. The van der Waals surface area contributed by atoms with Gasteiger partial charge in [-0.3, -0.25) is 9.00 Å². The van der Waals surface area contributed by atoms with Gasteiger partial charge in [0.15, 0.2) is 5.82 Å². The van der Waals surface area contributed by atoms with Crippen molar-refractivity contribution in [3.05, 3.63) is 17.0 Å². The number of nitrogens with zero attached hydrogens (tertiary/aromatic N) is 3. The minimum absolute atomic E-state index is 0.0406. The molecule has 0 saturated heterocycles. The molecule has 2 aromatic heterocycles. The lowest BCUT2D eigenvalue weighted by Gasteiger charge is -2.34. The summed E-state index contributed by atoms with van der Waals surface area (Å²) in [5.74, 6) is 1.67. The molecule has 3 rings (SSSR count). The van der Waals surface area contributed by atoms with E-state index in [1.54, 1.807) is 5.51 Å². The van der Waals surface area contributed by atoms with E-state index in [0.717, 1.165) is 23.4 Å². The van der Waals surface area contributed by atoms with Crippen molar-refractivity contribution >= 4 is 28.0 Å². The number of hydrogen-bond donors (Lipinski definition) is 1. The number of aromatic nitrogens is 3. The standard InChI is InChI=1S/C17H24N4O3S2/c1-10-5-4-6-13(11(10)2)19-15(22)8-26(23)7-14-20-17(24-21-14)16-12(3)18-9-25-16/h9-11,13H,4-8H2,1-3H3,(H,19,22). The third kappa shape index (κ3) is 4.56. The maximum atomic E-state index is 12.3. The molecule has 4 atom stereocenters. The lowest BCUT2D eigenvalue weighted by molar-refractivity contribution is -0.120. The van der Waals surface area contributed by atoms with E-state index in [2.05, 4.69) is 34.3 Å². The van der Waals surface area contributed by atoms with Crippen molar-refractivity contribution in [1.29, 1.82) is 0 Å². The molecule has 142 valence electrons. The van der Waals surface area contributed by atoms with E-state index < -0.39 is 10.8 Å². The van der Waals surface area contributed by atoms with Gasteiger partial charge in [-0.15, -0.1) is 11.3 Å². The summed E-state index contributed by atoms with van der Waals surface area (Å²) in [4.78, 5) is 21.5. The molecule has 2 heterocycles. The number of carbonyl (C=O) groups excluding carboxylic acids is 1. The Hall–Kier alpha value is -1.61. The zero-order valence-electron chi connectivity index (χ0n) is 15.2. The second kappa shape index (κ2) is 8.39. The molecule has 4 unspecified atom stereocenters. The topological polar surface area (TPSA) is 98.0 Å². The fourth-order valence-electron chi connectivity index (χ4n) is 3.29. The monoisotopic (exact) mass is 396 g/mol. The maximum Gasteiger partial charge on any atom is 0.269 e. The second-order valence-corrected chi connectivity index (χ2v) is 9.26. The van der Waals surface area contributed by atoms with Crippen molar-refractivity contribution in [2.45, 2.75) is 51.8 Å². The summed E-state index contributed by atoms with van der Waals surface area (Å²) in [5, 5.41) is 6.91. The molecule has 1 saturated carbocycles. The van der Waals surface area contributed by atoms with E-state index in [1.165, 1.54) is 17.8 Å². The van der Waals surface area contributed by atoms with Gasteiger partial charge in [-0.05, 0) is 25.2 Å². The lowest BCUT2D eigenvalue weighted by atomic mass is 9.78. The van der Waals surface area contributed by atoms with E-state index in [1.807, 2.05) is 6.92 Å². The van der Waals surface area contributed by atoms with Gasteiger partial charge >= 0.3 is 0 Å². The molecule has 0 radical (unpaired) electrons. The molecular formula is C17H24N4O3S2. The molecule has 1 aliphatic carbocycles. The van der Waals surface area contributed by atoms with Crippen LogP contribution in [0.5, 0.6) is 0 Å². The summed E-state index contributed by atoms with van der Waals surface area (Å²) in [6.45, 7) is 6.26. The first kappa shape index (κ1) is 19.2. The van der Waals surface area contributed by atoms with E-state index in [0.29, 0.717) is 23.6 Å². The fourth-order valence-corrected chi connectivity index (χ4v) is 4.89. The maximum absolute atomic E-state index is 12.3. The molecule has 1 aliphatic rings. The van der Waals surface area contributed by atoms with Crippen molar-refractivity contribution in [3.8, 4) is 10.8 Å². The highest BCUT2D eigenvalue weighted by Crippen LogP contribution is 2.29. The summed E-state index contributed by atoms with van der Waals surface area (Å²) < 4.78 is 17.5. The predicted octanol–water partition coefficient (Wildman–Crippen LogP) is 2.69. The summed E-state index contributed by atoms with van der Waals surface area (Å²) in [6, 6.07) is 0.175. The molecule has 0 bridgehead atoms. The SMILES string of the molecule is Cc1ncsc1-c1nc(CS(=O)CC(=O)NC2CCCC(C)C2C)no1. The fraction of sp³-hybridized carbons (Fsp3) is 0.647. The number of carbonyl (C=O) groups is 1. The Morgan fingerprint density at radius 3 is 2.96 bits per heavy atom. The van der Waals surface area contributed by atoms with E-state index >= 15 is 0 Å².